The summed E-state index contributed by atoms with van der Waals surface area (Å²) in [4.78, 5) is 14.5. The lowest BCUT2D eigenvalue weighted by Crippen LogP contribution is -2.41. The molecule has 1 aromatic carbocycles. The van der Waals surface area contributed by atoms with E-state index in [4.69, 9.17) is 0 Å². The first-order valence-electron chi connectivity index (χ1n) is 8.60. The summed E-state index contributed by atoms with van der Waals surface area (Å²) in [7, 11) is 0. The molecule has 5 nitrogen and oxygen atoms in total. The number of hydrogen-bond acceptors (Lipinski definition) is 5. The number of aromatic nitrogens is 2. The van der Waals surface area contributed by atoms with Gasteiger partial charge in [0.2, 0.25) is 5.91 Å². The number of benzene rings is 1. The Morgan fingerprint density at radius 1 is 1.29 bits per heavy atom. The van der Waals surface area contributed by atoms with Crippen LogP contribution in [-0.2, 0) is 17.8 Å². The highest BCUT2D eigenvalue weighted by atomic mass is 32.1. The molecule has 1 aromatic heterocycles. The summed E-state index contributed by atoms with van der Waals surface area (Å²) in [5.41, 5.74) is 1.38. The number of nitrogens with zero attached hydrogens (tertiary/aromatic N) is 3. The number of carbonyl (C=O) groups excluding carboxylic acids is 1. The molecule has 1 aliphatic heterocycles. The molecular weight excluding hydrogens is 320 g/mol. The van der Waals surface area contributed by atoms with Gasteiger partial charge in [-0.1, -0.05) is 48.6 Å². The Kier molecular flexibility index (Phi) is 5.93. The first kappa shape index (κ1) is 17.0. The molecular formula is C18H24N4OS. The summed E-state index contributed by atoms with van der Waals surface area (Å²) in [5.74, 6) is 0.597. The maximum atomic E-state index is 12.2. The monoisotopic (exact) mass is 344 g/mol. The van der Waals surface area contributed by atoms with E-state index in [-0.39, 0.29) is 5.91 Å². The van der Waals surface area contributed by atoms with E-state index in [1.54, 1.807) is 11.3 Å². The lowest BCUT2D eigenvalue weighted by Gasteiger charge is -2.32. The van der Waals surface area contributed by atoms with Crippen molar-refractivity contribution in [3.63, 3.8) is 0 Å². The molecule has 0 radical (unpaired) electrons. The van der Waals surface area contributed by atoms with Crippen LogP contribution in [0.2, 0.25) is 0 Å². The molecule has 1 atom stereocenters. The van der Waals surface area contributed by atoms with Crippen LogP contribution in [0.15, 0.2) is 30.3 Å². The first-order valence-corrected chi connectivity index (χ1v) is 9.41. The number of amides is 1. The van der Waals surface area contributed by atoms with Crippen LogP contribution in [0.3, 0.4) is 0 Å². The quantitative estimate of drug-likeness (QED) is 0.875. The van der Waals surface area contributed by atoms with Gasteiger partial charge in [0.15, 0.2) is 0 Å². The summed E-state index contributed by atoms with van der Waals surface area (Å²) >= 11 is 1.57. The van der Waals surface area contributed by atoms with Crippen molar-refractivity contribution >= 4 is 17.2 Å². The van der Waals surface area contributed by atoms with Crippen molar-refractivity contribution in [2.75, 3.05) is 19.6 Å². The first-order chi connectivity index (χ1) is 11.7. The number of piperidine rings is 1. The van der Waals surface area contributed by atoms with E-state index < -0.39 is 0 Å². The van der Waals surface area contributed by atoms with Gasteiger partial charge in [-0.15, -0.1) is 10.2 Å². The van der Waals surface area contributed by atoms with Crippen molar-refractivity contribution < 1.29 is 4.79 Å². The van der Waals surface area contributed by atoms with Crippen LogP contribution in [0.4, 0.5) is 0 Å². The molecule has 1 saturated heterocycles. The molecule has 1 fully saturated rings. The predicted molar refractivity (Wildman–Crippen MR) is 96.0 cm³/mol. The van der Waals surface area contributed by atoms with Crippen LogP contribution in [0.25, 0.3) is 0 Å². The van der Waals surface area contributed by atoms with E-state index in [1.807, 2.05) is 0 Å². The molecule has 1 N–H and O–H groups in total. The van der Waals surface area contributed by atoms with E-state index in [1.165, 1.54) is 12.0 Å². The molecule has 6 heteroatoms. The second-order valence-corrected chi connectivity index (χ2v) is 7.35. The smallest absolute Gasteiger partial charge is 0.234 e. The molecule has 24 heavy (non-hydrogen) atoms. The third-order valence-corrected chi connectivity index (χ3v) is 5.46. The molecule has 2 aromatic rings. The van der Waals surface area contributed by atoms with Crippen LogP contribution in [0, 0.1) is 0 Å². The van der Waals surface area contributed by atoms with Crippen LogP contribution in [0.5, 0.6) is 0 Å². The normalized spacial score (nSPS) is 18.5. The van der Waals surface area contributed by atoms with E-state index in [0.717, 1.165) is 35.9 Å². The second kappa shape index (κ2) is 8.35. The van der Waals surface area contributed by atoms with Gasteiger partial charge in [0.25, 0.3) is 0 Å². The van der Waals surface area contributed by atoms with Crippen molar-refractivity contribution in [1.29, 1.82) is 0 Å². The average Bonchev–Trinajstić information content (AvgIpc) is 3.09. The van der Waals surface area contributed by atoms with E-state index in [0.29, 0.717) is 19.0 Å². The summed E-state index contributed by atoms with van der Waals surface area (Å²) in [6.07, 6.45) is 3.23. The number of hydrogen-bond donors (Lipinski definition) is 1. The molecule has 0 unspecified atom stereocenters. The fraction of sp³-hybridized carbons (Fsp3) is 0.500. The van der Waals surface area contributed by atoms with Gasteiger partial charge in [0.05, 0.1) is 13.1 Å². The molecule has 128 valence electrons. The van der Waals surface area contributed by atoms with Crippen molar-refractivity contribution in [3.8, 4) is 0 Å². The van der Waals surface area contributed by atoms with Gasteiger partial charge in [0, 0.05) is 6.54 Å². The van der Waals surface area contributed by atoms with Gasteiger partial charge in [-0.2, -0.15) is 0 Å². The van der Waals surface area contributed by atoms with Crippen LogP contribution in [-0.4, -0.2) is 40.6 Å². The fourth-order valence-electron chi connectivity index (χ4n) is 3.13. The third-order valence-electron chi connectivity index (χ3n) is 4.39. The van der Waals surface area contributed by atoms with E-state index in [9.17, 15) is 4.79 Å². The SMILES string of the molecule is CCc1nnc(CNC(=O)CN2CCC[C@H](c3ccccc3)C2)s1. The molecule has 1 amide bonds. The minimum atomic E-state index is 0.0666. The zero-order valence-corrected chi connectivity index (χ0v) is 14.9. The molecule has 2 heterocycles. The van der Waals surface area contributed by atoms with Crippen molar-refractivity contribution in [1.82, 2.24) is 20.4 Å². The molecule has 0 saturated carbocycles. The minimum Gasteiger partial charge on any atom is -0.348 e. The Labute approximate surface area is 147 Å². The predicted octanol–water partition coefficient (Wildman–Crippen LogP) is 2.60. The fourth-order valence-corrected chi connectivity index (χ4v) is 3.86. The zero-order chi connectivity index (χ0) is 16.8. The summed E-state index contributed by atoms with van der Waals surface area (Å²) < 4.78 is 0. The number of rotatable bonds is 6. The lowest BCUT2D eigenvalue weighted by atomic mass is 9.91. The highest BCUT2D eigenvalue weighted by Gasteiger charge is 2.22. The van der Waals surface area contributed by atoms with Gasteiger partial charge < -0.3 is 5.32 Å². The summed E-state index contributed by atoms with van der Waals surface area (Å²) in [6, 6.07) is 10.6. The Bertz CT molecular complexity index is 658. The van der Waals surface area contributed by atoms with Gasteiger partial charge >= 0.3 is 0 Å². The highest BCUT2D eigenvalue weighted by Crippen LogP contribution is 2.26. The Hall–Kier alpha value is -1.79. The number of aryl methyl sites for hydroxylation is 1. The van der Waals surface area contributed by atoms with Crippen LogP contribution in [0.1, 0.15) is 41.3 Å². The largest absolute Gasteiger partial charge is 0.348 e. The van der Waals surface area contributed by atoms with Crippen molar-refractivity contribution in [2.45, 2.75) is 38.6 Å². The maximum Gasteiger partial charge on any atom is 0.234 e. The number of carbonyl (C=O) groups is 1. The molecule has 0 aliphatic carbocycles. The summed E-state index contributed by atoms with van der Waals surface area (Å²) in [5, 5.41) is 13.0. The Balaban J connectivity index is 1.47. The highest BCUT2D eigenvalue weighted by molar-refractivity contribution is 7.11. The zero-order valence-electron chi connectivity index (χ0n) is 14.1. The van der Waals surface area contributed by atoms with Gasteiger partial charge in [-0.05, 0) is 37.3 Å². The Morgan fingerprint density at radius 3 is 2.83 bits per heavy atom. The topological polar surface area (TPSA) is 58.1 Å². The standard InChI is InChI=1S/C18H24N4OS/c1-2-17-20-21-18(24-17)11-19-16(23)13-22-10-6-9-15(12-22)14-7-4-3-5-8-14/h3-5,7-8,15H,2,6,9-13H2,1H3,(H,19,23)/t15-/m0/s1. The molecule has 0 spiro atoms. The minimum absolute atomic E-state index is 0.0666. The molecule has 1 aliphatic rings. The van der Waals surface area contributed by atoms with E-state index >= 15 is 0 Å². The number of likely N-dealkylation sites (tertiary alicyclic amines) is 1. The van der Waals surface area contributed by atoms with Crippen molar-refractivity contribution in [2.24, 2.45) is 0 Å². The average molecular weight is 344 g/mol. The van der Waals surface area contributed by atoms with E-state index in [2.05, 4.69) is 57.7 Å². The number of nitrogens with one attached hydrogen (secondary N) is 1. The van der Waals surface area contributed by atoms with Gasteiger partial charge in [-0.3, -0.25) is 9.69 Å². The van der Waals surface area contributed by atoms with Crippen LogP contribution < -0.4 is 5.32 Å². The van der Waals surface area contributed by atoms with Crippen LogP contribution >= 0.6 is 11.3 Å². The van der Waals surface area contributed by atoms with Gasteiger partial charge in [-0.25, -0.2) is 0 Å². The summed E-state index contributed by atoms with van der Waals surface area (Å²) in [6.45, 7) is 4.95. The third kappa shape index (κ3) is 4.61. The lowest BCUT2D eigenvalue weighted by molar-refractivity contribution is -0.122. The van der Waals surface area contributed by atoms with Gasteiger partial charge in [0.1, 0.15) is 10.0 Å². The second-order valence-electron chi connectivity index (χ2n) is 6.20. The van der Waals surface area contributed by atoms with Crippen molar-refractivity contribution in [3.05, 3.63) is 45.9 Å². The Morgan fingerprint density at radius 2 is 2.08 bits per heavy atom. The maximum absolute atomic E-state index is 12.2. The molecule has 3 rings (SSSR count). The molecule has 0 bridgehead atoms.